The van der Waals surface area contributed by atoms with Gasteiger partial charge in [-0.05, 0) is 35.9 Å². The smallest absolute Gasteiger partial charge is 0.120 e. The number of benzene rings is 2. The summed E-state index contributed by atoms with van der Waals surface area (Å²) in [5, 5.41) is 2.49. The molecule has 0 atom stereocenters. The third kappa shape index (κ3) is 2.23. The lowest BCUT2D eigenvalue weighted by Gasteiger charge is -2.07. The molecule has 2 aromatic heterocycles. The van der Waals surface area contributed by atoms with Crippen molar-refractivity contribution < 1.29 is 4.79 Å². The summed E-state index contributed by atoms with van der Waals surface area (Å²) in [6.45, 7) is 2.15. The van der Waals surface area contributed by atoms with Gasteiger partial charge in [-0.2, -0.15) is 0 Å². The normalized spacial score (nSPS) is 11.2. The first-order valence-electron chi connectivity index (χ1n) is 8.31. The molecule has 0 aliphatic carbocycles. The van der Waals surface area contributed by atoms with Crippen molar-refractivity contribution in [1.29, 1.82) is 0 Å². The molecule has 0 saturated carbocycles. The third-order valence-corrected chi connectivity index (χ3v) is 4.77. The summed E-state index contributed by atoms with van der Waals surface area (Å²) in [5.41, 5.74) is 6.19. The number of carbonyl (C=O) groups is 1. The van der Waals surface area contributed by atoms with Crippen molar-refractivity contribution in [2.24, 2.45) is 0 Å². The maximum Gasteiger partial charge on any atom is 0.120 e. The number of aryl methyl sites for hydroxylation is 1. The van der Waals surface area contributed by atoms with Gasteiger partial charge in [0.05, 0.1) is 5.52 Å². The fraction of sp³-hybridized carbons (Fsp3) is 0.136. The molecule has 0 spiro atoms. The highest BCUT2D eigenvalue weighted by atomic mass is 16.1. The van der Waals surface area contributed by atoms with Crippen molar-refractivity contribution in [3.63, 3.8) is 0 Å². The number of fused-ring (bicyclic) bond motifs is 3. The standard InChI is InChI=1S/C22H19NO/c1-16-19(12-7-15-24)21(18-9-3-2-4-10-18)22-20-11-6-5-8-17(20)13-14-23(16)22/h2-6,8-11,13-15H,7,12H2,1H3. The highest BCUT2D eigenvalue weighted by molar-refractivity contribution is 6.05. The van der Waals surface area contributed by atoms with Crippen molar-refractivity contribution in [1.82, 2.24) is 4.40 Å². The van der Waals surface area contributed by atoms with Crippen molar-refractivity contribution in [2.45, 2.75) is 19.8 Å². The Bertz CT molecular complexity index is 1030. The molecular formula is C22H19NO. The minimum absolute atomic E-state index is 0.551. The van der Waals surface area contributed by atoms with Crippen LogP contribution in [0.5, 0.6) is 0 Å². The van der Waals surface area contributed by atoms with Crippen LogP contribution in [0, 0.1) is 6.92 Å². The van der Waals surface area contributed by atoms with Gasteiger partial charge >= 0.3 is 0 Å². The first kappa shape index (κ1) is 14.7. The summed E-state index contributed by atoms with van der Waals surface area (Å²) in [6.07, 6.45) is 4.48. The lowest BCUT2D eigenvalue weighted by Crippen LogP contribution is -1.91. The summed E-state index contributed by atoms with van der Waals surface area (Å²) in [6, 6.07) is 21.1. The Hall–Kier alpha value is -2.87. The van der Waals surface area contributed by atoms with Crippen LogP contribution in [-0.4, -0.2) is 10.7 Å². The topological polar surface area (TPSA) is 21.5 Å². The van der Waals surface area contributed by atoms with E-state index in [-0.39, 0.29) is 0 Å². The van der Waals surface area contributed by atoms with E-state index in [0.717, 1.165) is 12.7 Å². The highest BCUT2D eigenvalue weighted by Gasteiger charge is 2.18. The molecule has 2 heterocycles. The van der Waals surface area contributed by atoms with Crippen molar-refractivity contribution in [3.8, 4) is 11.1 Å². The Balaban J connectivity index is 2.15. The number of rotatable bonds is 4. The largest absolute Gasteiger partial charge is 0.320 e. The molecule has 0 unspecified atom stereocenters. The molecule has 0 fully saturated rings. The number of carbonyl (C=O) groups excluding carboxylic acids is 1. The number of aromatic nitrogens is 1. The van der Waals surface area contributed by atoms with E-state index < -0.39 is 0 Å². The van der Waals surface area contributed by atoms with E-state index in [1.165, 1.54) is 38.7 Å². The molecule has 0 amide bonds. The molecule has 0 N–H and O–H groups in total. The van der Waals surface area contributed by atoms with Gasteiger partial charge in [-0.15, -0.1) is 0 Å². The molecule has 0 bridgehead atoms. The number of hydrogen-bond acceptors (Lipinski definition) is 1. The fourth-order valence-corrected chi connectivity index (χ4v) is 3.65. The lowest BCUT2D eigenvalue weighted by atomic mass is 9.96. The molecule has 4 aromatic rings. The number of nitrogens with zero attached hydrogens (tertiary/aromatic N) is 1. The molecule has 0 saturated heterocycles. The second-order valence-corrected chi connectivity index (χ2v) is 6.13. The molecule has 2 heteroatoms. The first-order chi connectivity index (χ1) is 11.8. The van der Waals surface area contributed by atoms with Gasteiger partial charge in [0.25, 0.3) is 0 Å². The van der Waals surface area contributed by atoms with Crippen LogP contribution in [0.3, 0.4) is 0 Å². The summed E-state index contributed by atoms with van der Waals surface area (Å²) in [7, 11) is 0. The summed E-state index contributed by atoms with van der Waals surface area (Å²) < 4.78 is 2.27. The number of hydrogen-bond donors (Lipinski definition) is 0. The minimum Gasteiger partial charge on any atom is -0.320 e. The quantitative estimate of drug-likeness (QED) is 0.475. The maximum absolute atomic E-state index is 11.0. The van der Waals surface area contributed by atoms with Gasteiger partial charge in [0.2, 0.25) is 0 Å². The van der Waals surface area contributed by atoms with Gasteiger partial charge in [-0.3, -0.25) is 0 Å². The van der Waals surface area contributed by atoms with E-state index in [0.29, 0.717) is 6.42 Å². The monoisotopic (exact) mass is 313 g/mol. The molecule has 2 aromatic carbocycles. The van der Waals surface area contributed by atoms with Crippen molar-refractivity contribution in [2.75, 3.05) is 0 Å². The Labute approximate surface area is 141 Å². The van der Waals surface area contributed by atoms with Crippen LogP contribution >= 0.6 is 0 Å². The van der Waals surface area contributed by atoms with Gasteiger partial charge in [-0.1, -0.05) is 54.6 Å². The van der Waals surface area contributed by atoms with Crippen molar-refractivity contribution in [3.05, 3.63) is 78.1 Å². The second-order valence-electron chi connectivity index (χ2n) is 6.13. The van der Waals surface area contributed by atoms with Gasteiger partial charge in [0.1, 0.15) is 6.29 Å². The molecule has 4 rings (SSSR count). The zero-order valence-electron chi connectivity index (χ0n) is 13.7. The Morgan fingerprint density at radius 3 is 2.50 bits per heavy atom. The SMILES string of the molecule is Cc1c(CCC=O)c(-c2ccccc2)c2c3ccccc3ccn12. The summed E-state index contributed by atoms with van der Waals surface area (Å²) >= 11 is 0. The fourth-order valence-electron chi connectivity index (χ4n) is 3.65. The predicted molar refractivity (Wildman–Crippen MR) is 99.5 cm³/mol. The number of aldehydes is 1. The van der Waals surface area contributed by atoms with Crippen LogP contribution in [0.2, 0.25) is 0 Å². The van der Waals surface area contributed by atoms with E-state index in [2.05, 4.69) is 72.1 Å². The molecule has 0 radical (unpaired) electrons. The van der Waals surface area contributed by atoms with Crippen molar-refractivity contribution >= 4 is 22.6 Å². The van der Waals surface area contributed by atoms with E-state index in [1.807, 2.05) is 6.07 Å². The van der Waals surface area contributed by atoms with E-state index in [9.17, 15) is 4.79 Å². The van der Waals surface area contributed by atoms with E-state index in [4.69, 9.17) is 0 Å². The third-order valence-electron chi connectivity index (χ3n) is 4.77. The highest BCUT2D eigenvalue weighted by Crippen LogP contribution is 2.37. The lowest BCUT2D eigenvalue weighted by molar-refractivity contribution is -0.107. The van der Waals surface area contributed by atoms with Crippen LogP contribution in [0.15, 0.2) is 66.9 Å². The minimum atomic E-state index is 0.551. The van der Waals surface area contributed by atoms with E-state index >= 15 is 0 Å². The second kappa shape index (κ2) is 5.97. The zero-order valence-corrected chi connectivity index (χ0v) is 13.7. The van der Waals surface area contributed by atoms with Gasteiger partial charge < -0.3 is 9.20 Å². The summed E-state index contributed by atoms with van der Waals surface area (Å²) in [5.74, 6) is 0. The predicted octanol–water partition coefficient (Wildman–Crippen LogP) is 5.20. The summed E-state index contributed by atoms with van der Waals surface area (Å²) in [4.78, 5) is 11.0. The van der Waals surface area contributed by atoms with Gasteiger partial charge in [-0.25, -0.2) is 0 Å². The van der Waals surface area contributed by atoms with Crippen LogP contribution in [-0.2, 0) is 11.2 Å². The van der Waals surface area contributed by atoms with Gasteiger partial charge in [0, 0.05) is 29.3 Å². The van der Waals surface area contributed by atoms with E-state index in [1.54, 1.807) is 0 Å². The number of pyridine rings is 1. The average molecular weight is 313 g/mol. The Kier molecular flexibility index (Phi) is 3.66. The van der Waals surface area contributed by atoms with Crippen LogP contribution in [0.25, 0.3) is 27.4 Å². The van der Waals surface area contributed by atoms with Crippen LogP contribution in [0.4, 0.5) is 0 Å². The average Bonchev–Trinajstić information content (AvgIpc) is 2.93. The van der Waals surface area contributed by atoms with Crippen LogP contribution < -0.4 is 0 Å². The maximum atomic E-state index is 11.0. The molecule has 24 heavy (non-hydrogen) atoms. The van der Waals surface area contributed by atoms with Gasteiger partial charge in [0.15, 0.2) is 0 Å². The Morgan fingerprint density at radius 2 is 1.71 bits per heavy atom. The Morgan fingerprint density at radius 1 is 0.958 bits per heavy atom. The first-order valence-corrected chi connectivity index (χ1v) is 8.31. The molecular weight excluding hydrogens is 294 g/mol. The molecule has 0 aliphatic heterocycles. The molecule has 118 valence electrons. The zero-order chi connectivity index (χ0) is 16.5. The molecule has 2 nitrogen and oxygen atoms in total. The van der Waals surface area contributed by atoms with Crippen LogP contribution in [0.1, 0.15) is 17.7 Å². The molecule has 0 aliphatic rings.